The van der Waals surface area contributed by atoms with Crippen molar-refractivity contribution in [1.29, 1.82) is 0 Å². The van der Waals surface area contributed by atoms with Crippen LogP contribution < -0.4 is 9.47 Å². The largest absolute Gasteiger partial charge is 0.497 e. The van der Waals surface area contributed by atoms with Gasteiger partial charge >= 0.3 is 0 Å². The molecule has 1 fully saturated rings. The minimum atomic E-state index is 0.293. The van der Waals surface area contributed by atoms with E-state index in [4.69, 9.17) is 18.9 Å². The van der Waals surface area contributed by atoms with Crippen molar-refractivity contribution in [1.82, 2.24) is 4.90 Å². The van der Waals surface area contributed by atoms with Crippen molar-refractivity contribution in [3.8, 4) is 11.5 Å². The third-order valence-corrected chi connectivity index (χ3v) is 3.87. The van der Waals surface area contributed by atoms with Crippen molar-refractivity contribution in [3.63, 3.8) is 0 Å². The molecule has 0 spiro atoms. The van der Waals surface area contributed by atoms with Gasteiger partial charge in [-0.25, -0.2) is 0 Å². The Hall–Kier alpha value is -1.30. The molecule has 1 aromatic rings. The molecule has 1 aromatic carbocycles. The summed E-state index contributed by atoms with van der Waals surface area (Å²) < 4.78 is 21.7. The number of likely N-dealkylation sites (tertiary alicyclic amines) is 1. The van der Waals surface area contributed by atoms with Crippen molar-refractivity contribution in [2.75, 3.05) is 47.6 Å². The molecule has 0 aliphatic carbocycles. The Morgan fingerprint density at radius 3 is 2.71 bits per heavy atom. The lowest BCUT2D eigenvalue weighted by molar-refractivity contribution is 0.101. The SMILES string of the molecule is COC[C@@H]1C[C@@H](OC)CN1CCOc1cccc(OC)c1. The maximum Gasteiger partial charge on any atom is 0.123 e. The molecule has 1 saturated heterocycles. The third kappa shape index (κ3) is 4.59. The lowest BCUT2D eigenvalue weighted by Crippen LogP contribution is -2.36. The molecule has 0 amide bonds. The van der Waals surface area contributed by atoms with Crippen LogP contribution in [-0.4, -0.2) is 64.7 Å². The number of rotatable bonds is 8. The highest BCUT2D eigenvalue weighted by Crippen LogP contribution is 2.21. The second kappa shape index (κ2) is 8.22. The fraction of sp³-hybridized carbons (Fsp3) is 0.625. The zero-order valence-electron chi connectivity index (χ0n) is 13.1. The molecule has 1 aliphatic heterocycles. The fourth-order valence-corrected chi connectivity index (χ4v) is 2.72. The van der Waals surface area contributed by atoms with E-state index < -0.39 is 0 Å². The molecule has 1 heterocycles. The highest BCUT2D eigenvalue weighted by atomic mass is 16.5. The molecule has 21 heavy (non-hydrogen) atoms. The van der Waals surface area contributed by atoms with Crippen LogP contribution in [0.3, 0.4) is 0 Å². The van der Waals surface area contributed by atoms with Crippen molar-refractivity contribution in [3.05, 3.63) is 24.3 Å². The number of methoxy groups -OCH3 is 3. The zero-order chi connectivity index (χ0) is 15.1. The summed E-state index contributed by atoms with van der Waals surface area (Å²) in [5, 5.41) is 0. The van der Waals surface area contributed by atoms with E-state index in [2.05, 4.69) is 4.90 Å². The van der Waals surface area contributed by atoms with E-state index in [-0.39, 0.29) is 0 Å². The quantitative estimate of drug-likeness (QED) is 0.731. The maximum absolute atomic E-state index is 5.80. The Bertz CT molecular complexity index is 426. The molecule has 118 valence electrons. The molecule has 1 aliphatic rings. The van der Waals surface area contributed by atoms with Crippen LogP contribution in [0.15, 0.2) is 24.3 Å². The standard InChI is InChI=1S/C16H25NO4/c1-18-12-13-9-16(20-3)11-17(13)7-8-21-15-6-4-5-14(10-15)19-2/h4-6,10,13,16H,7-9,11-12H2,1-3H3/t13-,16+/m0/s1. The van der Waals surface area contributed by atoms with Crippen LogP contribution in [-0.2, 0) is 9.47 Å². The van der Waals surface area contributed by atoms with Gasteiger partial charge in [0.1, 0.15) is 18.1 Å². The van der Waals surface area contributed by atoms with Crippen molar-refractivity contribution in [2.45, 2.75) is 18.6 Å². The van der Waals surface area contributed by atoms with Gasteiger partial charge in [-0.05, 0) is 18.6 Å². The van der Waals surface area contributed by atoms with Crippen LogP contribution in [0.2, 0.25) is 0 Å². The number of hydrogen-bond acceptors (Lipinski definition) is 5. The highest BCUT2D eigenvalue weighted by Gasteiger charge is 2.31. The summed E-state index contributed by atoms with van der Waals surface area (Å²) in [5.74, 6) is 1.64. The van der Waals surface area contributed by atoms with Crippen LogP contribution in [0.25, 0.3) is 0 Å². The first-order chi connectivity index (χ1) is 10.3. The monoisotopic (exact) mass is 295 g/mol. The number of ether oxygens (including phenoxy) is 4. The molecule has 0 aromatic heterocycles. The predicted molar refractivity (Wildman–Crippen MR) is 81.1 cm³/mol. The summed E-state index contributed by atoms with van der Waals surface area (Å²) >= 11 is 0. The van der Waals surface area contributed by atoms with Crippen molar-refractivity contribution in [2.24, 2.45) is 0 Å². The molecule has 0 unspecified atom stereocenters. The summed E-state index contributed by atoms with van der Waals surface area (Å²) in [4.78, 5) is 2.37. The minimum absolute atomic E-state index is 0.293. The Morgan fingerprint density at radius 2 is 2.00 bits per heavy atom. The lowest BCUT2D eigenvalue weighted by Gasteiger charge is -2.23. The second-order valence-corrected chi connectivity index (χ2v) is 5.22. The Morgan fingerprint density at radius 1 is 1.19 bits per heavy atom. The number of benzene rings is 1. The molecular weight excluding hydrogens is 270 g/mol. The summed E-state index contributed by atoms with van der Waals surface area (Å²) in [7, 11) is 5.17. The average Bonchev–Trinajstić information content (AvgIpc) is 2.90. The summed E-state index contributed by atoms with van der Waals surface area (Å²) in [5.41, 5.74) is 0. The molecule has 5 nitrogen and oxygen atoms in total. The van der Waals surface area contributed by atoms with Gasteiger partial charge in [0.25, 0.3) is 0 Å². The van der Waals surface area contributed by atoms with Crippen LogP contribution in [0.5, 0.6) is 11.5 Å². The molecule has 2 rings (SSSR count). The first-order valence-electron chi connectivity index (χ1n) is 7.29. The Kier molecular flexibility index (Phi) is 6.29. The summed E-state index contributed by atoms with van der Waals surface area (Å²) in [6.07, 6.45) is 1.31. The van der Waals surface area contributed by atoms with Gasteiger partial charge in [0.2, 0.25) is 0 Å². The van der Waals surface area contributed by atoms with Gasteiger partial charge in [0, 0.05) is 39.4 Å². The zero-order valence-corrected chi connectivity index (χ0v) is 13.1. The van der Waals surface area contributed by atoms with Gasteiger partial charge < -0.3 is 18.9 Å². The molecule has 5 heteroatoms. The molecule has 0 bridgehead atoms. The molecular formula is C16H25NO4. The first-order valence-corrected chi connectivity index (χ1v) is 7.29. The van der Waals surface area contributed by atoms with Crippen LogP contribution in [0.1, 0.15) is 6.42 Å². The first kappa shape index (κ1) is 16.1. The predicted octanol–water partition coefficient (Wildman–Crippen LogP) is 1.81. The van der Waals surface area contributed by atoms with E-state index >= 15 is 0 Å². The average molecular weight is 295 g/mol. The van der Waals surface area contributed by atoms with Gasteiger partial charge in [-0.1, -0.05) is 6.07 Å². The fourth-order valence-electron chi connectivity index (χ4n) is 2.72. The smallest absolute Gasteiger partial charge is 0.123 e. The Balaban J connectivity index is 1.81. The van der Waals surface area contributed by atoms with E-state index in [0.717, 1.165) is 37.6 Å². The number of nitrogens with zero attached hydrogens (tertiary/aromatic N) is 1. The highest BCUT2D eigenvalue weighted by molar-refractivity contribution is 5.32. The van der Waals surface area contributed by atoms with E-state index in [0.29, 0.717) is 18.8 Å². The van der Waals surface area contributed by atoms with Gasteiger partial charge in [0.05, 0.1) is 19.8 Å². The lowest BCUT2D eigenvalue weighted by atomic mass is 10.2. The van der Waals surface area contributed by atoms with Gasteiger partial charge in [0.15, 0.2) is 0 Å². The van der Waals surface area contributed by atoms with Crippen LogP contribution >= 0.6 is 0 Å². The topological polar surface area (TPSA) is 40.2 Å². The van der Waals surface area contributed by atoms with Crippen LogP contribution in [0.4, 0.5) is 0 Å². The van der Waals surface area contributed by atoms with Crippen molar-refractivity contribution >= 4 is 0 Å². The Labute approximate surface area is 126 Å². The van der Waals surface area contributed by atoms with E-state index in [9.17, 15) is 0 Å². The van der Waals surface area contributed by atoms with Crippen LogP contribution in [0, 0.1) is 0 Å². The van der Waals surface area contributed by atoms with Gasteiger partial charge in [-0.15, -0.1) is 0 Å². The minimum Gasteiger partial charge on any atom is -0.497 e. The van der Waals surface area contributed by atoms with E-state index in [1.807, 2.05) is 24.3 Å². The summed E-state index contributed by atoms with van der Waals surface area (Å²) in [6.45, 7) is 3.18. The maximum atomic E-state index is 5.80. The normalized spacial score (nSPS) is 22.4. The third-order valence-electron chi connectivity index (χ3n) is 3.87. The number of hydrogen-bond donors (Lipinski definition) is 0. The molecule has 2 atom stereocenters. The molecule has 0 saturated carbocycles. The van der Waals surface area contributed by atoms with E-state index in [1.54, 1.807) is 21.3 Å². The van der Waals surface area contributed by atoms with Gasteiger partial charge in [-0.3, -0.25) is 4.90 Å². The van der Waals surface area contributed by atoms with E-state index in [1.165, 1.54) is 0 Å². The second-order valence-electron chi connectivity index (χ2n) is 5.22. The molecule has 0 radical (unpaired) electrons. The molecule has 0 N–H and O–H groups in total. The van der Waals surface area contributed by atoms with Gasteiger partial charge in [-0.2, -0.15) is 0 Å². The summed E-state index contributed by atoms with van der Waals surface area (Å²) in [6, 6.07) is 8.09. The van der Waals surface area contributed by atoms with Crippen molar-refractivity contribution < 1.29 is 18.9 Å².